The van der Waals surface area contributed by atoms with Gasteiger partial charge in [0.1, 0.15) is 0 Å². The Kier molecular flexibility index (Phi) is 3.09. The summed E-state index contributed by atoms with van der Waals surface area (Å²) in [5.74, 6) is 0.0929. The highest BCUT2D eigenvalue weighted by atomic mass is 16.5. The molecule has 0 bridgehead atoms. The van der Waals surface area contributed by atoms with Gasteiger partial charge in [-0.25, -0.2) is 5.06 Å². The molecule has 0 saturated carbocycles. The number of rotatable bonds is 2. The summed E-state index contributed by atoms with van der Waals surface area (Å²) >= 11 is 0. The van der Waals surface area contributed by atoms with Crippen molar-refractivity contribution in [1.82, 2.24) is 5.06 Å². The molecule has 1 aromatic rings. The molecule has 2 N–H and O–H groups in total. The van der Waals surface area contributed by atoms with E-state index in [9.17, 15) is 0 Å². The summed E-state index contributed by atoms with van der Waals surface area (Å²) in [6, 6.07) is 7.44. The van der Waals surface area contributed by atoms with Gasteiger partial charge in [0.15, 0.2) is 5.84 Å². The van der Waals surface area contributed by atoms with Gasteiger partial charge in [-0.05, 0) is 24.3 Å². The summed E-state index contributed by atoms with van der Waals surface area (Å²) in [6.07, 6.45) is 0. The van der Waals surface area contributed by atoms with Crippen molar-refractivity contribution in [2.75, 3.05) is 26.0 Å². The van der Waals surface area contributed by atoms with Crippen LogP contribution in [0.4, 0.5) is 5.69 Å². The maximum Gasteiger partial charge on any atom is 0.151 e. The smallest absolute Gasteiger partial charge is 0.151 e. The van der Waals surface area contributed by atoms with E-state index < -0.39 is 0 Å². The van der Waals surface area contributed by atoms with E-state index in [0.717, 1.165) is 10.8 Å². The fraction of sp³-hybridized carbons (Fsp3) is 0.300. The second kappa shape index (κ2) is 4.11. The minimum absolute atomic E-state index is 0.0929. The van der Waals surface area contributed by atoms with Crippen LogP contribution in [0.2, 0.25) is 0 Å². The van der Waals surface area contributed by atoms with Crippen LogP contribution >= 0.6 is 0 Å². The van der Waals surface area contributed by atoms with Crippen LogP contribution in [-0.2, 0) is 0 Å². The number of nitrogens with zero attached hydrogens (tertiary/aromatic N) is 2. The Hall–Kier alpha value is -1.55. The molecule has 0 aliphatic rings. The normalized spacial score (nSPS) is 9.71. The molecule has 0 spiro atoms. The lowest BCUT2D eigenvalue weighted by atomic mass is 10.2. The Bertz CT molecular complexity index is 317. The SMILES string of the molecule is CN(O)C(=N)c1ccc(N(C)C)cc1. The Morgan fingerprint density at radius 3 is 2.00 bits per heavy atom. The van der Waals surface area contributed by atoms with E-state index in [1.165, 1.54) is 7.05 Å². The average molecular weight is 193 g/mol. The number of hydrogen-bond acceptors (Lipinski definition) is 3. The molecule has 1 aromatic carbocycles. The van der Waals surface area contributed by atoms with E-state index in [4.69, 9.17) is 10.6 Å². The number of hydroxylamine groups is 2. The second-order valence-electron chi connectivity index (χ2n) is 3.31. The molecule has 4 heteroatoms. The van der Waals surface area contributed by atoms with E-state index in [2.05, 4.69) is 0 Å². The molecule has 0 aliphatic carbocycles. The van der Waals surface area contributed by atoms with Crippen LogP contribution in [0, 0.1) is 5.41 Å². The molecule has 0 amide bonds. The van der Waals surface area contributed by atoms with Crippen molar-refractivity contribution in [3.8, 4) is 0 Å². The van der Waals surface area contributed by atoms with Crippen molar-refractivity contribution in [2.45, 2.75) is 0 Å². The summed E-state index contributed by atoms with van der Waals surface area (Å²) in [4.78, 5) is 1.98. The summed E-state index contributed by atoms with van der Waals surface area (Å²) in [7, 11) is 5.35. The van der Waals surface area contributed by atoms with Gasteiger partial charge in [0.25, 0.3) is 0 Å². The number of anilines is 1. The van der Waals surface area contributed by atoms with Gasteiger partial charge in [-0.2, -0.15) is 0 Å². The van der Waals surface area contributed by atoms with Gasteiger partial charge in [0.05, 0.1) is 0 Å². The van der Waals surface area contributed by atoms with Crippen LogP contribution in [0.1, 0.15) is 5.56 Å². The molecule has 0 aliphatic heterocycles. The average Bonchev–Trinajstić information content (AvgIpc) is 2.16. The van der Waals surface area contributed by atoms with Crippen LogP contribution in [0.25, 0.3) is 0 Å². The molecular formula is C10H15N3O. The number of benzene rings is 1. The first-order valence-electron chi connectivity index (χ1n) is 4.31. The first kappa shape index (κ1) is 10.5. The predicted octanol–water partition coefficient (Wildman–Crippen LogP) is 1.40. The largest absolute Gasteiger partial charge is 0.378 e. The molecule has 0 saturated heterocycles. The number of hydrogen-bond donors (Lipinski definition) is 2. The molecule has 1 rings (SSSR count). The third-order valence-corrected chi connectivity index (χ3v) is 1.98. The second-order valence-corrected chi connectivity index (χ2v) is 3.31. The third-order valence-electron chi connectivity index (χ3n) is 1.98. The maximum absolute atomic E-state index is 9.05. The fourth-order valence-electron chi connectivity index (χ4n) is 1.10. The van der Waals surface area contributed by atoms with Crippen molar-refractivity contribution in [3.05, 3.63) is 29.8 Å². The van der Waals surface area contributed by atoms with E-state index in [-0.39, 0.29) is 5.84 Å². The molecule has 4 nitrogen and oxygen atoms in total. The quantitative estimate of drug-likeness (QED) is 0.424. The Labute approximate surface area is 83.8 Å². The standard InChI is InChI=1S/C10H15N3O/c1-12(2)9-6-4-8(5-7-9)10(11)13(3)14/h4-7,11,14H,1-3H3. The van der Waals surface area contributed by atoms with Gasteiger partial charge in [-0.15, -0.1) is 0 Å². The number of nitrogens with one attached hydrogen (secondary N) is 1. The molecule has 0 atom stereocenters. The Morgan fingerprint density at radius 2 is 1.64 bits per heavy atom. The first-order chi connectivity index (χ1) is 6.52. The minimum Gasteiger partial charge on any atom is -0.378 e. The van der Waals surface area contributed by atoms with Gasteiger partial charge in [-0.3, -0.25) is 10.6 Å². The van der Waals surface area contributed by atoms with E-state index in [1.54, 1.807) is 0 Å². The summed E-state index contributed by atoms with van der Waals surface area (Å²) in [5, 5.41) is 17.4. The summed E-state index contributed by atoms with van der Waals surface area (Å²) < 4.78 is 0. The van der Waals surface area contributed by atoms with E-state index >= 15 is 0 Å². The van der Waals surface area contributed by atoms with Crippen LogP contribution in [0.5, 0.6) is 0 Å². The van der Waals surface area contributed by atoms with Gasteiger partial charge < -0.3 is 4.90 Å². The van der Waals surface area contributed by atoms with Crippen molar-refractivity contribution < 1.29 is 5.21 Å². The van der Waals surface area contributed by atoms with Crippen LogP contribution in [0.3, 0.4) is 0 Å². The summed E-state index contributed by atoms with van der Waals surface area (Å²) in [6.45, 7) is 0. The molecule has 0 radical (unpaired) electrons. The van der Waals surface area contributed by atoms with Crippen LogP contribution in [0.15, 0.2) is 24.3 Å². The molecule has 0 unspecified atom stereocenters. The van der Waals surface area contributed by atoms with Gasteiger partial charge in [-0.1, -0.05) is 0 Å². The van der Waals surface area contributed by atoms with Crippen molar-refractivity contribution >= 4 is 11.5 Å². The van der Waals surface area contributed by atoms with Crippen LogP contribution in [-0.4, -0.2) is 37.2 Å². The maximum atomic E-state index is 9.05. The minimum atomic E-state index is 0.0929. The fourth-order valence-corrected chi connectivity index (χ4v) is 1.10. The molecule has 0 aromatic heterocycles. The highest BCUT2D eigenvalue weighted by molar-refractivity contribution is 5.95. The molecule has 76 valence electrons. The molecule has 0 heterocycles. The lowest BCUT2D eigenvalue weighted by Crippen LogP contribution is -2.22. The van der Waals surface area contributed by atoms with Crippen molar-refractivity contribution in [1.29, 1.82) is 5.41 Å². The Balaban J connectivity index is 2.89. The Morgan fingerprint density at radius 1 is 1.14 bits per heavy atom. The van der Waals surface area contributed by atoms with E-state index in [0.29, 0.717) is 5.56 Å². The van der Waals surface area contributed by atoms with E-state index in [1.807, 2.05) is 43.3 Å². The zero-order valence-electron chi connectivity index (χ0n) is 8.65. The molecule has 0 fully saturated rings. The molecule has 14 heavy (non-hydrogen) atoms. The highest BCUT2D eigenvalue weighted by Gasteiger charge is 2.04. The lowest BCUT2D eigenvalue weighted by Gasteiger charge is -2.15. The van der Waals surface area contributed by atoms with Gasteiger partial charge >= 0.3 is 0 Å². The predicted molar refractivity (Wildman–Crippen MR) is 57.1 cm³/mol. The monoisotopic (exact) mass is 193 g/mol. The number of amidine groups is 1. The van der Waals surface area contributed by atoms with Gasteiger partial charge in [0, 0.05) is 32.4 Å². The highest BCUT2D eigenvalue weighted by Crippen LogP contribution is 2.12. The zero-order valence-corrected chi connectivity index (χ0v) is 8.65. The van der Waals surface area contributed by atoms with Gasteiger partial charge in [0.2, 0.25) is 0 Å². The van der Waals surface area contributed by atoms with Crippen molar-refractivity contribution in [3.63, 3.8) is 0 Å². The first-order valence-corrected chi connectivity index (χ1v) is 4.31. The third kappa shape index (κ3) is 2.23. The van der Waals surface area contributed by atoms with Crippen LogP contribution < -0.4 is 4.90 Å². The summed E-state index contributed by atoms with van der Waals surface area (Å²) in [5.41, 5.74) is 1.77. The topological polar surface area (TPSA) is 50.6 Å². The lowest BCUT2D eigenvalue weighted by molar-refractivity contribution is 0.0133. The zero-order chi connectivity index (χ0) is 10.7. The molecular weight excluding hydrogens is 178 g/mol. The van der Waals surface area contributed by atoms with Crippen molar-refractivity contribution in [2.24, 2.45) is 0 Å².